The molecule has 2 aliphatic rings. The summed E-state index contributed by atoms with van der Waals surface area (Å²) < 4.78 is 0. The van der Waals surface area contributed by atoms with Gasteiger partial charge in [0.05, 0.1) is 17.7 Å². The lowest BCUT2D eigenvalue weighted by molar-refractivity contribution is 0.0958. The molecule has 1 saturated carbocycles. The fourth-order valence-electron chi connectivity index (χ4n) is 3.96. The second-order valence-corrected chi connectivity index (χ2v) is 8.20. The number of likely N-dealkylation sites (tertiary alicyclic amines) is 1. The van der Waals surface area contributed by atoms with Crippen LogP contribution in [0.3, 0.4) is 0 Å². The molecule has 1 aromatic rings. The molecule has 1 aliphatic carbocycles. The van der Waals surface area contributed by atoms with Gasteiger partial charge in [-0.1, -0.05) is 12.8 Å². The van der Waals surface area contributed by atoms with E-state index in [2.05, 4.69) is 37.8 Å². The van der Waals surface area contributed by atoms with Crippen LogP contribution in [0.4, 0.5) is 0 Å². The molecular formula is C19H32N6OS. The summed E-state index contributed by atoms with van der Waals surface area (Å²) in [6.07, 6.45) is 6.66. The van der Waals surface area contributed by atoms with Crippen molar-refractivity contribution in [2.75, 3.05) is 32.7 Å². The highest BCUT2D eigenvalue weighted by molar-refractivity contribution is 7.11. The van der Waals surface area contributed by atoms with E-state index in [9.17, 15) is 4.79 Å². The third kappa shape index (κ3) is 5.65. The number of nitrogens with one attached hydrogen (secondary N) is 3. The van der Waals surface area contributed by atoms with Crippen molar-refractivity contribution in [2.45, 2.75) is 58.0 Å². The van der Waals surface area contributed by atoms with Gasteiger partial charge in [0.15, 0.2) is 5.96 Å². The highest BCUT2D eigenvalue weighted by atomic mass is 32.1. The lowest BCUT2D eigenvalue weighted by Gasteiger charge is -2.24. The molecule has 1 saturated heterocycles. The van der Waals surface area contributed by atoms with Crippen molar-refractivity contribution in [1.29, 1.82) is 0 Å². The lowest BCUT2D eigenvalue weighted by atomic mass is 10.2. The summed E-state index contributed by atoms with van der Waals surface area (Å²) in [5.41, 5.74) is 2.48. The number of aryl methyl sites for hydroxylation is 1. The van der Waals surface area contributed by atoms with E-state index >= 15 is 0 Å². The molecule has 2 heterocycles. The van der Waals surface area contributed by atoms with E-state index in [1.807, 2.05) is 6.92 Å². The number of nitrogens with zero attached hydrogens (tertiary/aromatic N) is 3. The van der Waals surface area contributed by atoms with Gasteiger partial charge in [0, 0.05) is 38.3 Å². The van der Waals surface area contributed by atoms with E-state index in [-0.39, 0.29) is 5.91 Å². The van der Waals surface area contributed by atoms with Gasteiger partial charge in [-0.15, -0.1) is 11.3 Å². The van der Waals surface area contributed by atoms with Crippen LogP contribution in [0.2, 0.25) is 0 Å². The lowest BCUT2D eigenvalue weighted by Crippen LogP contribution is -2.45. The van der Waals surface area contributed by atoms with Crippen molar-refractivity contribution in [3.63, 3.8) is 0 Å². The Labute approximate surface area is 166 Å². The normalized spacial score (nSPS) is 21.6. The quantitative estimate of drug-likeness (QED) is 0.374. The predicted molar refractivity (Wildman–Crippen MR) is 111 cm³/mol. The number of carbonyl (C=O) groups excluding carboxylic acids is 1. The average molecular weight is 393 g/mol. The Morgan fingerprint density at radius 2 is 2.15 bits per heavy atom. The summed E-state index contributed by atoms with van der Waals surface area (Å²) >= 11 is 1.37. The molecule has 8 heteroatoms. The van der Waals surface area contributed by atoms with Crippen molar-refractivity contribution >= 4 is 23.2 Å². The molecule has 150 valence electrons. The molecule has 0 radical (unpaired) electrons. The van der Waals surface area contributed by atoms with Crippen LogP contribution in [-0.4, -0.2) is 66.6 Å². The van der Waals surface area contributed by atoms with Crippen LogP contribution in [0.25, 0.3) is 0 Å². The van der Waals surface area contributed by atoms with Gasteiger partial charge in [-0.05, 0) is 33.1 Å². The van der Waals surface area contributed by atoms with Gasteiger partial charge in [-0.25, -0.2) is 4.98 Å². The zero-order valence-corrected chi connectivity index (χ0v) is 17.3. The maximum atomic E-state index is 12.1. The second kappa shape index (κ2) is 10.0. The molecule has 1 amide bonds. The fourth-order valence-corrected chi connectivity index (χ4v) is 4.68. The second-order valence-electron chi connectivity index (χ2n) is 7.35. The first kappa shape index (κ1) is 20.1. The molecule has 2 fully saturated rings. The topological polar surface area (TPSA) is 81.6 Å². The highest BCUT2D eigenvalue weighted by Gasteiger charge is 2.30. The standard InChI is InChI=1S/C19H32N6OS/c1-3-20-19(22-10-9-21-18(26)17-14(2)23-13-27-17)24-15-8-11-25(12-15)16-6-4-5-7-16/h13,15-16H,3-12H2,1-2H3,(H,21,26)(H2,20,22,24). The summed E-state index contributed by atoms with van der Waals surface area (Å²) in [6.45, 7) is 8.13. The molecule has 0 spiro atoms. The van der Waals surface area contributed by atoms with Crippen LogP contribution in [0.15, 0.2) is 10.5 Å². The summed E-state index contributed by atoms with van der Waals surface area (Å²) in [6, 6.07) is 1.25. The SMILES string of the molecule is CCNC(=NCCNC(=O)c1scnc1C)NC1CCN(C2CCCC2)C1. The van der Waals surface area contributed by atoms with Crippen molar-refractivity contribution in [3.8, 4) is 0 Å². The number of rotatable bonds is 7. The molecule has 1 atom stereocenters. The van der Waals surface area contributed by atoms with Crippen molar-refractivity contribution in [2.24, 2.45) is 4.99 Å². The summed E-state index contributed by atoms with van der Waals surface area (Å²) in [5.74, 6) is 0.783. The van der Waals surface area contributed by atoms with Crippen molar-refractivity contribution < 1.29 is 4.79 Å². The molecule has 3 N–H and O–H groups in total. The highest BCUT2D eigenvalue weighted by Crippen LogP contribution is 2.26. The number of thiazole rings is 1. The molecule has 27 heavy (non-hydrogen) atoms. The minimum absolute atomic E-state index is 0.0637. The Balaban J connectivity index is 1.42. The minimum Gasteiger partial charge on any atom is -0.357 e. The first-order valence-corrected chi connectivity index (χ1v) is 11.0. The number of guanidine groups is 1. The number of hydrogen-bond donors (Lipinski definition) is 3. The number of carbonyl (C=O) groups is 1. The molecule has 0 bridgehead atoms. The number of amides is 1. The van der Waals surface area contributed by atoms with E-state index < -0.39 is 0 Å². The number of aliphatic imine (C=N–C) groups is 1. The Kier molecular flexibility index (Phi) is 7.46. The summed E-state index contributed by atoms with van der Waals surface area (Å²) in [5, 5.41) is 9.81. The van der Waals surface area contributed by atoms with Gasteiger partial charge in [-0.3, -0.25) is 14.7 Å². The van der Waals surface area contributed by atoms with Crippen molar-refractivity contribution in [1.82, 2.24) is 25.8 Å². The van der Waals surface area contributed by atoms with Gasteiger partial charge in [-0.2, -0.15) is 0 Å². The first-order chi connectivity index (χ1) is 13.2. The van der Waals surface area contributed by atoms with Gasteiger partial charge < -0.3 is 16.0 Å². The van der Waals surface area contributed by atoms with Crippen molar-refractivity contribution in [3.05, 3.63) is 16.1 Å². The zero-order chi connectivity index (χ0) is 19.1. The van der Waals surface area contributed by atoms with E-state index in [4.69, 9.17) is 0 Å². The molecule has 0 aromatic carbocycles. The number of hydrogen-bond acceptors (Lipinski definition) is 5. The molecule has 1 unspecified atom stereocenters. The van der Waals surface area contributed by atoms with E-state index in [1.54, 1.807) is 5.51 Å². The molecule has 3 rings (SSSR count). The average Bonchev–Trinajstić information content (AvgIpc) is 3.39. The predicted octanol–water partition coefficient (Wildman–Crippen LogP) is 1.75. The third-order valence-corrected chi connectivity index (χ3v) is 6.29. The third-order valence-electron chi connectivity index (χ3n) is 5.36. The monoisotopic (exact) mass is 392 g/mol. The molecular weight excluding hydrogens is 360 g/mol. The van der Waals surface area contributed by atoms with Crippen LogP contribution in [0.5, 0.6) is 0 Å². The van der Waals surface area contributed by atoms with Gasteiger partial charge >= 0.3 is 0 Å². The van der Waals surface area contributed by atoms with Crippen LogP contribution >= 0.6 is 11.3 Å². The Hall–Kier alpha value is -1.67. The maximum Gasteiger partial charge on any atom is 0.263 e. The first-order valence-electron chi connectivity index (χ1n) is 10.1. The van der Waals surface area contributed by atoms with Crippen LogP contribution < -0.4 is 16.0 Å². The summed E-state index contributed by atoms with van der Waals surface area (Å²) in [7, 11) is 0. The smallest absolute Gasteiger partial charge is 0.263 e. The van der Waals surface area contributed by atoms with Crippen LogP contribution in [0.1, 0.15) is 54.4 Å². The summed E-state index contributed by atoms with van der Waals surface area (Å²) in [4.78, 5) is 24.2. The van der Waals surface area contributed by atoms with Gasteiger partial charge in [0.25, 0.3) is 5.91 Å². The van der Waals surface area contributed by atoms with Gasteiger partial charge in [0.1, 0.15) is 4.88 Å². The van der Waals surface area contributed by atoms with E-state index in [0.29, 0.717) is 24.0 Å². The minimum atomic E-state index is -0.0637. The van der Waals surface area contributed by atoms with E-state index in [0.717, 1.165) is 30.8 Å². The largest absolute Gasteiger partial charge is 0.357 e. The molecule has 7 nitrogen and oxygen atoms in total. The Morgan fingerprint density at radius 1 is 1.33 bits per heavy atom. The van der Waals surface area contributed by atoms with Crippen LogP contribution in [-0.2, 0) is 0 Å². The molecule has 1 aromatic heterocycles. The van der Waals surface area contributed by atoms with Crippen LogP contribution in [0, 0.1) is 6.92 Å². The Morgan fingerprint density at radius 3 is 2.85 bits per heavy atom. The number of aromatic nitrogens is 1. The van der Waals surface area contributed by atoms with Gasteiger partial charge in [0.2, 0.25) is 0 Å². The molecule has 1 aliphatic heterocycles. The maximum absolute atomic E-state index is 12.1. The Bertz CT molecular complexity index is 640. The van der Waals surface area contributed by atoms with E-state index in [1.165, 1.54) is 50.0 Å². The fraction of sp³-hybridized carbons (Fsp3) is 0.737. The zero-order valence-electron chi connectivity index (χ0n) is 16.5.